The number of nitrogens with one attached hydrogen (secondary N) is 1. The molecule has 136 valence electrons. The van der Waals surface area contributed by atoms with E-state index in [0.29, 0.717) is 0 Å². The van der Waals surface area contributed by atoms with Gasteiger partial charge in [-0.1, -0.05) is 42.5 Å². The van der Waals surface area contributed by atoms with Crippen LogP contribution in [0.5, 0.6) is 0 Å². The number of rotatable bonds is 5. The van der Waals surface area contributed by atoms with Gasteiger partial charge in [-0.15, -0.1) is 0 Å². The van der Waals surface area contributed by atoms with Crippen LogP contribution in [0.3, 0.4) is 0 Å². The number of hydrogen-bond donors (Lipinski definition) is 1. The minimum atomic E-state index is -0.0910. The molecule has 1 saturated heterocycles. The van der Waals surface area contributed by atoms with E-state index in [1.54, 1.807) is 6.08 Å². The summed E-state index contributed by atoms with van der Waals surface area (Å²) in [5.41, 5.74) is 3.29. The van der Waals surface area contributed by atoms with Crippen molar-refractivity contribution in [2.24, 2.45) is 0 Å². The Morgan fingerprint density at radius 1 is 1.23 bits per heavy atom. The highest BCUT2D eigenvalue weighted by molar-refractivity contribution is 5.91. The van der Waals surface area contributed by atoms with E-state index in [1.807, 2.05) is 49.4 Å². The van der Waals surface area contributed by atoms with Crippen molar-refractivity contribution in [2.45, 2.75) is 26.0 Å². The summed E-state index contributed by atoms with van der Waals surface area (Å²) in [5, 5.41) is 3.04. The maximum absolute atomic E-state index is 12.2. The molecule has 4 nitrogen and oxygen atoms in total. The molecule has 2 atom stereocenters. The Hall–Kier alpha value is -2.59. The molecule has 2 unspecified atom stereocenters. The lowest BCUT2D eigenvalue weighted by Crippen LogP contribution is -2.41. The molecule has 1 fully saturated rings. The minimum absolute atomic E-state index is 0.0543. The van der Waals surface area contributed by atoms with Gasteiger partial charge in [0, 0.05) is 24.9 Å². The van der Waals surface area contributed by atoms with Crippen molar-refractivity contribution in [3.05, 3.63) is 71.8 Å². The number of nitrogens with zero attached hydrogens (tertiary/aromatic N) is 1. The molecular formula is C22H26N2O2. The number of amides is 1. The van der Waals surface area contributed by atoms with Gasteiger partial charge in [-0.25, -0.2) is 0 Å². The zero-order valence-corrected chi connectivity index (χ0v) is 15.4. The van der Waals surface area contributed by atoms with Crippen LogP contribution in [0.4, 0.5) is 5.69 Å². The van der Waals surface area contributed by atoms with Crippen LogP contribution in [0.2, 0.25) is 0 Å². The molecule has 1 heterocycles. The van der Waals surface area contributed by atoms with Gasteiger partial charge >= 0.3 is 0 Å². The molecule has 0 spiro atoms. The SMILES string of the molecule is CC1CN(c2cccc(C(C)NC(=O)/C=C\c3ccccc3)c2)CCO1. The number of carbonyl (C=O) groups excluding carboxylic acids is 1. The summed E-state index contributed by atoms with van der Waals surface area (Å²) < 4.78 is 5.62. The predicted molar refractivity (Wildman–Crippen MR) is 106 cm³/mol. The Labute approximate surface area is 155 Å². The Bertz CT molecular complexity index is 758. The number of benzene rings is 2. The first-order valence-corrected chi connectivity index (χ1v) is 9.12. The van der Waals surface area contributed by atoms with Crippen LogP contribution in [0.1, 0.15) is 31.0 Å². The van der Waals surface area contributed by atoms with Gasteiger partial charge in [0.05, 0.1) is 18.8 Å². The van der Waals surface area contributed by atoms with Gasteiger partial charge in [0.25, 0.3) is 0 Å². The van der Waals surface area contributed by atoms with Crippen molar-refractivity contribution < 1.29 is 9.53 Å². The average Bonchev–Trinajstić information content (AvgIpc) is 2.67. The summed E-state index contributed by atoms with van der Waals surface area (Å²) in [6.45, 7) is 6.65. The van der Waals surface area contributed by atoms with Crippen LogP contribution in [0.15, 0.2) is 60.7 Å². The van der Waals surface area contributed by atoms with Gasteiger partial charge in [-0.05, 0) is 43.2 Å². The Morgan fingerprint density at radius 3 is 2.81 bits per heavy atom. The summed E-state index contributed by atoms with van der Waals surface area (Å²) in [5.74, 6) is -0.0910. The van der Waals surface area contributed by atoms with Gasteiger partial charge < -0.3 is 15.0 Å². The van der Waals surface area contributed by atoms with Crippen molar-refractivity contribution in [2.75, 3.05) is 24.6 Å². The van der Waals surface area contributed by atoms with Gasteiger partial charge in [-0.2, -0.15) is 0 Å². The maximum Gasteiger partial charge on any atom is 0.244 e. The summed E-state index contributed by atoms with van der Waals surface area (Å²) >= 11 is 0. The summed E-state index contributed by atoms with van der Waals surface area (Å²) in [6, 6.07) is 18.1. The molecule has 0 bridgehead atoms. The number of hydrogen-bond acceptors (Lipinski definition) is 3. The minimum Gasteiger partial charge on any atom is -0.375 e. The molecule has 4 heteroatoms. The molecule has 1 N–H and O–H groups in total. The second-order valence-corrected chi connectivity index (χ2v) is 6.70. The normalized spacial score (nSPS) is 18.7. The van der Waals surface area contributed by atoms with Crippen LogP contribution < -0.4 is 10.2 Å². The second-order valence-electron chi connectivity index (χ2n) is 6.70. The molecule has 1 aliphatic heterocycles. The van der Waals surface area contributed by atoms with E-state index in [-0.39, 0.29) is 18.1 Å². The predicted octanol–water partition coefficient (Wildman–Crippen LogP) is 3.80. The monoisotopic (exact) mass is 350 g/mol. The molecule has 26 heavy (non-hydrogen) atoms. The lowest BCUT2D eigenvalue weighted by atomic mass is 10.1. The zero-order chi connectivity index (χ0) is 18.4. The first-order valence-electron chi connectivity index (χ1n) is 9.12. The van der Waals surface area contributed by atoms with Crippen molar-refractivity contribution in [3.63, 3.8) is 0 Å². The third kappa shape index (κ3) is 4.96. The van der Waals surface area contributed by atoms with Crippen LogP contribution in [-0.2, 0) is 9.53 Å². The average molecular weight is 350 g/mol. The highest BCUT2D eigenvalue weighted by Crippen LogP contribution is 2.22. The number of carbonyl (C=O) groups is 1. The molecule has 2 aromatic carbocycles. The number of ether oxygens (including phenoxy) is 1. The Kier molecular flexibility index (Phi) is 6.08. The Balaban J connectivity index is 1.62. The summed E-state index contributed by atoms with van der Waals surface area (Å²) in [6.07, 6.45) is 3.65. The summed E-state index contributed by atoms with van der Waals surface area (Å²) in [4.78, 5) is 14.5. The smallest absolute Gasteiger partial charge is 0.244 e. The Morgan fingerprint density at radius 2 is 2.04 bits per heavy atom. The molecule has 3 rings (SSSR count). The lowest BCUT2D eigenvalue weighted by molar-refractivity contribution is -0.117. The number of anilines is 1. The molecule has 2 aromatic rings. The maximum atomic E-state index is 12.2. The standard InChI is InChI=1S/C22H26N2O2/c1-17-16-24(13-14-26-17)21-10-6-9-20(15-21)18(2)23-22(25)12-11-19-7-4-3-5-8-19/h3-12,15,17-18H,13-14,16H2,1-2H3,(H,23,25)/b12-11-. The highest BCUT2D eigenvalue weighted by Gasteiger charge is 2.18. The van der Waals surface area contributed by atoms with Gasteiger partial charge in [-0.3, -0.25) is 4.79 Å². The van der Waals surface area contributed by atoms with E-state index in [2.05, 4.69) is 35.3 Å². The van der Waals surface area contributed by atoms with E-state index >= 15 is 0 Å². The second kappa shape index (κ2) is 8.68. The molecule has 0 saturated carbocycles. The fraction of sp³-hybridized carbons (Fsp3) is 0.318. The van der Waals surface area contributed by atoms with Crippen LogP contribution >= 0.6 is 0 Å². The first-order chi connectivity index (χ1) is 12.6. The van der Waals surface area contributed by atoms with Gasteiger partial charge in [0.15, 0.2) is 0 Å². The first kappa shape index (κ1) is 18.2. The fourth-order valence-electron chi connectivity index (χ4n) is 3.12. The molecular weight excluding hydrogens is 324 g/mol. The third-order valence-electron chi connectivity index (χ3n) is 4.56. The van der Waals surface area contributed by atoms with E-state index in [1.165, 1.54) is 5.69 Å². The van der Waals surface area contributed by atoms with Crippen molar-refractivity contribution >= 4 is 17.7 Å². The van der Waals surface area contributed by atoms with Crippen LogP contribution in [0, 0.1) is 0 Å². The van der Waals surface area contributed by atoms with Crippen molar-refractivity contribution in [3.8, 4) is 0 Å². The molecule has 0 aliphatic carbocycles. The highest BCUT2D eigenvalue weighted by atomic mass is 16.5. The van der Waals surface area contributed by atoms with Gasteiger partial charge in [0.1, 0.15) is 0 Å². The molecule has 1 amide bonds. The molecule has 1 aliphatic rings. The van der Waals surface area contributed by atoms with Crippen molar-refractivity contribution in [1.29, 1.82) is 0 Å². The van der Waals surface area contributed by atoms with E-state index in [4.69, 9.17) is 4.74 Å². The quantitative estimate of drug-likeness (QED) is 0.834. The lowest BCUT2D eigenvalue weighted by Gasteiger charge is -2.33. The van der Waals surface area contributed by atoms with E-state index < -0.39 is 0 Å². The summed E-state index contributed by atoms with van der Waals surface area (Å²) in [7, 11) is 0. The third-order valence-corrected chi connectivity index (χ3v) is 4.56. The molecule has 0 radical (unpaired) electrons. The topological polar surface area (TPSA) is 41.6 Å². The van der Waals surface area contributed by atoms with Crippen LogP contribution in [0.25, 0.3) is 6.08 Å². The van der Waals surface area contributed by atoms with E-state index in [0.717, 1.165) is 30.8 Å². The fourth-order valence-corrected chi connectivity index (χ4v) is 3.12. The number of morpholine rings is 1. The molecule has 0 aromatic heterocycles. The largest absolute Gasteiger partial charge is 0.375 e. The van der Waals surface area contributed by atoms with Crippen LogP contribution in [-0.4, -0.2) is 31.7 Å². The van der Waals surface area contributed by atoms with Gasteiger partial charge in [0.2, 0.25) is 5.91 Å². The van der Waals surface area contributed by atoms with E-state index in [9.17, 15) is 4.79 Å². The van der Waals surface area contributed by atoms with Crippen molar-refractivity contribution in [1.82, 2.24) is 5.32 Å². The zero-order valence-electron chi connectivity index (χ0n) is 15.4.